The van der Waals surface area contributed by atoms with Crippen molar-refractivity contribution in [2.24, 2.45) is 0 Å². The van der Waals surface area contributed by atoms with E-state index >= 15 is 0 Å². The molecule has 0 atom stereocenters. The predicted octanol–water partition coefficient (Wildman–Crippen LogP) is 2.98. The third kappa shape index (κ3) is 5.03. The second-order valence-corrected chi connectivity index (χ2v) is 9.01. The van der Waals surface area contributed by atoms with Gasteiger partial charge in [-0.05, 0) is 11.6 Å². The molecule has 0 bridgehead atoms. The van der Waals surface area contributed by atoms with Gasteiger partial charge in [0.2, 0.25) is 5.95 Å². The Kier molecular flexibility index (Phi) is 6.70. The average Bonchev–Trinajstić information content (AvgIpc) is 2.87. The Morgan fingerprint density at radius 3 is 2.53 bits per heavy atom. The number of nitrogens with one attached hydrogen (secondary N) is 1. The summed E-state index contributed by atoms with van der Waals surface area (Å²) in [6, 6.07) is 5.37. The van der Waals surface area contributed by atoms with Gasteiger partial charge in [-0.15, -0.1) is 0 Å². The molecule has 2 fully saturated rings. The first kappa shape index (κ1) is 23.1. The average molecular weight is 492 g/mol. The molecule has 0 unspecified atom stereocenters. The molecule has 2 aliphatic rings. The second kappa shape index (κ2) is 9.88. The number of piperazine rings is 1. The van der Waals surface area contributed by atoms with Gasteiger partial charge in [0.1, 0.15) is 22.4 Å². The normalized spacial score (nSPS) is 17.4. The molecule has 8 nitrogen and oxygen atoms in total. The lowest BCUT2D eigenvalue weighted by Crippen LogP contribution is -2.44. The van der Waals surface area contributed by atoms with Gasteiger partial charge in [-0.25, -0.2) is 15.0 Å². The minimum absolute atomic E-state index is 0.329. The van der Waals surface area contributed by atoms with Crippen LogP contribution >= 0.6 is 11.8 Å². The number of thioether (sulfide) groups is 1. The molecule has 2 aliphatic heterocycles. The Morgan fingerprint density at radius 2 is 1.76 bits per heavy atom. The first-order valence-corrected chi connectivity index (χ1v) is 12.1. The third-order valence-corrected chi connectivity index (χ3v) is 6.81. The lowest BCUT2D eigenvalue weighted by Gasteiger charge is -2.31. The SMILES string of the molecule is FC(F)(F)c1cccc(CSc2ncnc3c(N4CCOCC4)nc(N4CCNCC4)nc23)c1. The quantitative estimate of drug-likeness (QED) is 0.428. The molecule has 34 heavy (non-hydrogen) atoms. The van der Waals surface area contributed by atoms with Crippen molar-refractivity contribution in [2.75, 3.05) is 62.3 Å². The molecular formula is C22H24F3N7OS. The summed E-state index contributed by atoms with van der Waals surface area (Å²) in [5.74, 6) is 1.69. The van der Waals surface area contributed by atoms with Crippen molar-refractivity contribution < 1.29 is 17.9 Å². The van der Waals surface area contributed by atoms with Gasteiger partial charge in [0.25, 0.3) is 0 Å². The Labute approximate surface area is 198 Å². The molecule has 5 rings (SSSR count). The summed E-state index contributed by atoms with van der Waals surface area (Å²) < 4.78 is 44.8. The molecule has 3 aromatic rings. The van der Waals surface area contributed by atoms with Gasteiger partial charge < -0.3 is 19.9 Å². The van der Waals surface area contributed by atoms with E-state index in [-0.39, 0.29) is 0 Å². The minimum Gasteiger partial charge on any atom is -0.378 e. The number of anilines is 2. The van der Waals surface area contributed by atoms with E-state index in [1.807, 2.05) is 0 Å². The highest BCUT2D eigenvalue weighted by atomic mass is 32.2. The molecule has 4 heterocycles. The van der Waals surface area contributed by atoms with Gasteiger partial charge in [-0.1, -0.05) is 30.0 Å². The number of alkyl halides is 3. The summed E-state index contributed by atoms with van der Waals surface area (Å²) in [6.45, 7) is 5.87. The fraction of sp³-hybridized carbons (Fsp3) is 0.455. The molecule has 1 N–H and O–H groups in total. The third-order valence-electron chi connectivity index (χ3n) is 5.76. The number of benzene rings is 1. The first-order valence-electron chi connectivity index (χ1n) is 11.1. The van der Waals surface area contributed by atoms with Crippen molar-refractivity contribution >= 4 is 34.6 Å². The molecule has 2 saturated heterocycles. The Balaban J connectivity index is 1.50. The molecule has 0 saturated carbocycles. The highest BCUT2D eigenvalue weighted by Gasteiger charge is 2.30. The Morgan fingerprint density at radius 1 is 0.971 bits per heavy atom. The highest BCUT2D eigenvalue weighted by molar-refractivity contribution is 7.98. The van der Waals surface area contributed by atoms with Crippen LogP contribution in [-0.4, -0.2) is 72.4 Å². The number of ether oxygens (including phenoxy) is 1. The van der Waals surface area contributed by atoms with Crippen LogP contribution in [0.2, 0.25) is 0 Å². The molecule has 180 valence electrons. The molecule has 2 aromatic heterocycles. The van der Waals surface area contributed by atoms with Crippen LogP contribution in [-0.2, 0) is 16.7 Å². The summed E-state index contributed by atoms with van der Waals surface area (Å²) >= 11 is 1.35. The van der Waals surface area contributed by atoms with Crippen LogP contribution in [0.5, 0.6) is 0 Å². The maximum Gasteiger partial charge on any atom is 0.416 e. The second-order valence-electron chi connectivity index (χ2n) is 8.05. The lowest BCUT2D eigenvalue weighted by molar-refractivity contribution is -0.137. The van der Waals surface area contributed by atoms with Crippen LogP contribution in [0.3, 0.4) is 0 Å². The standard InChI is InChI=1S/C22H24F3N7OS/c23-22(24,25)16-3-1-2-15(12-16)13-34-20-18-17(27-14-28-20)19(31-8-10-33-11-9-31)30-21(29-18)32-6-4-26-5-7-32/h1-3,12,14,26H,4-11,13H2. The molecule has 1 aromatic carbocycles. The van der Waals surface area contributed by atoms with Crippen LogP contribution in [0.1, 0.15) is 11.1 Å². The fourth-order valence-corrected chi connectivity index (χ4v) is 4.88. The van der Waals surface area contributed by atoms with E-state index in [1.165, 1.54) is 30.2 Å². The maximum absolute atomic E-state index is 13.1. The number of morpholine rings is 1. The van der Waals surface area contributed by atoms with E-state index in [1.54, 1.807) is 6.07 Å². The van der Waals surface area contributed by atoms with Gasteiger partial charge in [0.15, 0.2) is 5.82 Å². The summed E-state index contributed by atoms with van der Waals surface area (Å²) in [5, 5.41) is 3.95. The summed E-state index contributed by atoms with van der Waals surface area (Å²) in [4.78, 5) is 22.9. The molecule has 0 spiro atoms. The van der Waals surface area contributed by atoms with E-state index in [0.717, 1.165) is 38.1 Å². The Hall–Kier alpha value is -2.70. The predicted molar refractivity (Wildman–Crippen MR) is 124 cm³/mol. The molecule has 0 radical (unpaired) electrons. The zero-order valence-electron chi connectivity index (χ0n) is 18.4. The maximum atomic E-state index is 13.1. The topological polar surface area (TPSA) is 79.3 Å². The Bertz CT molecular complexity index is 1150. The van der Waals surface area contributed by atoms with Crippen LogP contribution in [0.15, 0.2) is 35.6 Å². The van der Waals surface area contributed by atoms with Gasteiger partial charge in [0.05, 0.1) is 18.8 Å². The van der Waals surface area contributed by atoms with E-state index in [4.69, 9.17) is 14.7 Å². The number of fused-ring (bicyclic) bond motifs is 1. The minimum atomic E-state index is -4.37. The van der Waals surface area contributed by atoms with Crippen molar-refractivity contribution in [3.63, 3.8) is 0 Å². The smallest absolute Gasteiger partial charge is 0.378 e. The first-order chi connectivity index (χ1) is 16.5. The fourth-order valence-electron chi connectivity index (χ4n) is 4.00. The number of hydrogen-bond acceptors (Lipinski definition) is 9. The number of halogens is 3. The van der Waals surface area contributed by atoms with Crippen molar-refractivity contribution in [1.82, 2.24) is 25.3 Å². The van der Waals surface area contributed by atoms with Gasteiger partial charge >= 0.3 is 6.18 Å². The van der Waals surface area contributed by atoms with Crippen molar-refractivity contribution in [3.05, 3.63) is 41.7 Å². The van der Waals surface area contributed by atoms with Crippen molar-refractivity contribution in [1.29, 1.82) is 0 Å². The number of aromatic nitrogens is 4. The van der Waals surface area contributed by atoms with Crippen LogP contribution in [0.4, 0.5) is 24.9 Å². The summed E-state index contributed by atoms with van der Waals surface area (Å²) in [7, 11) is 0. The summed E-state index contributed by atoms with van der Waals surface area (Å²) in [5.41, 5.74) is 1.17. The largest absolute Gasteiger partial charge is 0.416 e. The zero-order chi connectivity index (χ0) is 23.5. The van der Waals surface area contributed by atoms with Gasteiger partial charge in [-0.2, -0.15) is 18.2 Å². The van der Waals surface area contributed by atoms with Gasteiger partial charge in [-0.3, -0.25) is 0 Å². The molecule has 12 heteroatoms. The number of nitrogens with zero attached hydrogens (tertiary/aromatic N) is 6. The molecular weight excluding hydrogens is 467 g/mol. The van der Waals surface area contributed by atoms with Crippen LogP contribution < -0.4 is 15.1 Å². The molecule has 0 aliphatic carbocycles. The van der Waals surface area contributed by atoms with E-state index in [9.17, 15) is 13.2 Å². The van der Waals surface area contributed by atoms with E-state index in [0.29, 0.717) is 59.6 Å². The van der Waals surface area contributed by atoms with Crippen molar-refractivity contribution in [3.8, 4) is 0 Å². The number of rotatable bonds is 5. The van der Waals surface area contributed by atoms with E-state index in [2.05, 4.69) is 25.1 Å². The van der Waals surface area contributed by atoms with E-state index < -0.39 is 11.7 Å². The highest BCUT2D eigenvalue weighted by Crippen LogP contribution is 2.34. The summed E-state index contributed by atoms with van der Waals surface area (Å²) in [6.07, 6.45) is -2.91. The van der Waals surface area contributed by atoms with Crippen LogP contribution in [0.25, 0.3) is 11.0 Å². The lowest BCUT2D eigenvalue weighted by atomic mass is 10.1. The zero-order valence-corrected chi connectivity index (χ0v) is 19.2. The number of hydrogen-bond donors (Lipinski definition) is 1. The van der Waals surface area contributed by atoms with Gasteiger partial charge in [0, 0.05) is 45.0 Å². The van der Waals surface area contributed by atoms with Crippen molar-refractivity contribution in [2.45, 2.75) is 17.0 Å². The van der Waals surface area contributed by atoms with Crippen LogP contribution in [0, 0.1) is 0 Å². The molecule has 0 amide bonds. The monoisotopic (exact) mass is 491 g/mol.